The van der Waals surface area contributed by atoms with Gasteiger partial charge in [0.05, 0.1) is 41.3 Å². The fourth-order valence-electron chi connectivity index (χ4n) is 3.02. The van der Waals surface area contributed by atoms with E-state index in [0.717, 1.165) is 11.8 Å². The largest absolute Gasteiger partial charge is 0.495 e. The van der Waals surface area contributed by atoms with Gasteiger partial charge < -0.3 is 10.1 Å². The Bertz CT molecular complexity index is 1310. The van der Waals surface area contributed by atoms with Crippen LogP contribution < -0.4 is 15.6 Å². The number of carbonyl (C=O) groups excluding carboxylic acids is 1. The molecule has 2 heterocycles. The number of amides is 1. The molecule has 0 radical (unpaired) electrons. The Morgan fingerprint density at radius 1 is 1.19 bits per heavy atom. The number of ether oxygens (including phenoxy) is 1. The zero-order valence-corrected chi connectivity index (χ0v) is 18.0. The standard InChI is InChI=1S/C22H17ClN4O3S/c1-30-19-9-8-14(23)11-18(19)25-20(28)13-31-22-26-17-7-3-2-6-16(17)21(29)27(22)15-5-4-10-24-12-15/h2-12H,13H2,1H3,(H,25,28). The minimum Gasteiger partial charge on any atom is -0.495 e. The Hall–Kier alpha value is -3.36. The van der Waals surface area contributed by atoms with Gasteiger partial charge in [0, 0.05) is 11.2 Å². The fourth-order valence-corrected chi connectivity index (χ4v) is 4.00. The number of rotatable bonds is 6. The van der Waals surface area contributed by atoms with Gasteiger partial charge in [-0.2, -0.15) is 0 Å². The molecule has 0 unspecified atom stereocenters. The summed E-state index contributed by atoms with van der Waals surface area (Å²) in [7, 11) is 1.51. The quantitative estimate of drug-likeness (QED) is 0.349. The summed E-state index contributed by atoms with van der Waals surface area (Å²) in [5, 5.41) is 4.15. The van der Waals surface area contributed by atoms with Crippen molar-refractivity contribution in [1.29, 1.82) is 0 Å². The summed E-state index contributed by atoms with van der Waals surface area (Å²) in [5.41, 5.74) is 1.38. The number of para-hydroxylation sites is 1. The first-order chi connectivity index (χ1) is 15.1. The summed E-state index contributed by atoms with van der Waals surface area (Å²) in [6.45, 7) is 0. The molecule has 0 atom stereocenters. The molecule has 4 rings (SSSR count). The molecule has 1 amide bonds. The van der Waals surface area contributed by atoms with Crippen LogP contribution in [0.2, 0.25) is 5.02 Å². The molecule has 4 aromatic rings. The van der Waals surface area contributed by atoms with E-state index in [-0.39, 0.29) is 17.2 Å². The highest BCUT2D eigenvalue weighted by Gasteiger charge is 2.16. The second kappa shape index (κ2) is 9.20. The average Bonchev–Trinajstić information content (AvgIpc) is 2.78. The maximum absolute atomic E-state index is 13.2. The number of halogens is 1. The van der Waals surface area contributed by atoms with E-state index in [1.165, 1.54) is 11.7 Å². The van der Waals surface area contributed by atoms with Gasteiger partial charge in [0.1, 0.15) is 5.75 Å². The third-order valence-corrected chi connectivity index (χ3v) is 5.59. The number of aromatic nitrogens is 3. The molecule has 0 aliphatic carbocycles. The molecule has 0 aliphatic heterocycles. The van der Waals surface area contributed by atoms with Crippen molar-refractivity contribution >= 4 is 45.9 Å². The molecule has 9 heteroatoms. The highest BCUT2D eigenvalue weighted by molar-refractivity contribution is 7.99. The van der Waals surface area contributed by atoms with Crippen molar-refractivity contribution in [1.82, 2.24) is 14.5 Å². The molecule has 1 N–H and O–H groups in total. The minimum absolute atomic E-state index is 0.0285. The zero-order chi connectivity index (χ0) is 21.8. The number of nitrogens with one attached hydrogen (secondary N) is 1. The van der Waals surface area contributed by atoms with Gasteiger partial charge in [-0.3, -0.25) is 19.1 Å². The number of hydrogen-bond donors (Lipinski definition) is 1. The van der Waals surface area contributed by atoms with Crippen molar-refractivity contribution in [2.24, 2.45) is 0 Å². The lowest BCUT2D eigenvalue weighted by molar-refractivity contribution is -0.113. The number of thioether (sulfide) groups is 1. The van der Waals surface area contributed by atoms with Crippen molar-refractivity contribution in [3.63, 3.8) is 0 Å². The van der Waals surface area contributed by atoms with Gasteiger partial charge in [-0.05, 0) is 42.5 Å². The predicted molar refractivity (Wildman–Crippen MR) is 122 cm³/mol. The molecular weight excluding hydrogens is 436 g/mol. The molecule has 0 aliphatic rings. The van der Waals surface area contributed by atoms with Gasteiger partial charge >= 0.3 is 0 Å². The lowest BCUT2D eigenvalue weighted by Crippen LogP contribution is -2.23. The second-order valence-electron chi connectivity index (χ2n) is 6.44. The van der Waals surface area contributed by atoms with Gasteiger partial charge in [-0.1, -0.05) is 35.5 Å². The van der Waals surface area contributed by atoms with Crippen LogP contribution >= 0.6 is 23.4 Å². The lowest BCUT2D eigenvalue weighted by Gasteiger charge is -2.13. The highest BCUT2D eigenvalue weighted by atomic mass is 35.5. The van der Waals surface area contributed by atoms with Crippen LogP contribution in [0.3, 0.4) is 0 Å². The van der Waals surface area contributed by atoms with E-state index in [9.17, 15) is 9.59 Å². The summed E-state index contributed by atoms with van der Waals surface area (Å²) < 4.78 is 6.73. The van der Waals surface area contributed by atoms with E-state index in [2.05, 4.69) is 15.3 Å². The fraction of sp³-hybridized carbons (Fsp3) is 0.0909. The minimum atomic E-state index is -0.286. The molecule has 0 spiro atoms. The summed E-state index contributed by atoms with van der Waals surface area (Å²) in [5.74, 6) is 0.241. The van der Waals surface area contributed by atoms with Crippen LogP contribution in [0.5, 0.6) is 5.75 Å². The van der Waals surface area contributed by atoms with Crippen LogP contribution in [-0.2, 0) is 4.79 Å². The molecule has 0 fully saturated rings. The maximum Gasteiger partial charge on any atom is 0.266 e. The number of anilines is 1. The monoisotopic (exact) mass is 452 g/mol. The lowest BCUT2D eigenvalue weighted by atomic mass is 10.2. The first-order valence-electron chi connectivity index (χ1n) is 9.25. The summed E-state index contributed by atoms with van der Waals surface area (Å²) in [4.78, 5) is 34.5. The predicted octanol–water partition coefficient (Wildman–Crippen LogP) is 4.17. The summed E-state index contributed by atoms with van der Waals surface area (Å²) in [6.07, 6.45) is 3.21. The molecule has 7 nitrogen and oxygen atoms in total. The molecule has 2 aromatic carbocycles. The second-order valence-corrected chi connectivity index (χ2v) is 7.82. The summed E-state index contributed by atoms with van der Waals surface area (Å²) >= 11 is 7.18. The van der Waals surface area contributed by atoms with E-state index in [0.29, 0.717) is 38.2 Å². The Morgan fingerprint density at radius 3 is 2.81 bits per heavy atom. The van der Waals surface area contributed by atoms with Gasteiger partial charge in [0.2, 0.25) is 5.91 Å². The average molecular weight is 453 g/mol. The third-order valence-electron chi connectivity index (χ3n) is 4.42. The molecule has 156 valence electrons. The molecule has 31 heavy (non-hydrogen) atoms. The Balaban J connectivity index is 1.65. The van der Waals surface area contributed by atoms with Gasteiger partial charge in [-0.25, -0.2) is 4.98 Å². The van der Waals surface area contributed by atoms with Crippen LogP contribution in [0.1, 0.15) is 0 Å². The first-order valence-corrected chi connectivity index (χ1v) is 10.6. The van der Waals surface area contributed by atoms with Crippen LogP contribution in [-0.4, -0.2) is 33.3 Å². The van der Waals surface area contributed by atoms with Crippen molar-refractivity contribution in [2.45, 2.75) is 5.16 Å². The Labute approximate surface area is 187 Å². The molecule has 0 saturated carbocycles. The van der Waals surface area contributed by atoms with Crippen LogP contribution in [0.25, 0.3) is 16.6 Å². The van der Waals surface area contributed by atoms with Crippen LogP contribution in [0.15, 0.2) is 76.9 Å². The number of carbonyl (C=O) groups is 1. The molecular formula is C22H17ClN4O3S. The molecule has 0 bridgehead atoms. The Kier molecular flexibility index (Phi) is 6.20. The number of nitrogens with zero attached hydrogens (tertiary/aromatic N) is 3. The van der Waals surface area contributed by atoms with Crippen molar-refractivity contribution < 1.29 is 9.53 Å². The molecule has 2 aromatic heterocycles. The van der Waals surface area contributed by atoms with Gasteiger partial charge in [-0.15, -0.1) is 0 Å². The third kappa shape index (κ3) is 4.55. The topological polar surface area (TPSA) is 86.1 Å². The van der Waals surface area contributed by atoms with E-state index in [1.807, 2.05) is 6.07 Å². The van der Waals surface area contributed by atoms with E-state index < -0.39 is 0 Å². The molecule has 0 saturated heterocycles. The van der Waals surface area contributed by atoms with Crippen molar-refractivity contribution in [3.05, 3.63) is 82.4 Å². The van der Waals surface area contributed by atoms with Crippen molar-refractivity contribution in [3.8, 4) is 11.4 Å². The number of hydrogen-bond acceptors (Lipinski definition) is 6. The zero-order valence-electron chi connectivity index (χ0n) is 16.4. The van der Waals surface area contributed by atoms with Crippen molar-refractivity contribution in [2.75, 3.05) is 18.2 Å². The van der Waals surface area contributed by atoms with Gasteiger partial charge in [0.15, 0.2) is 5.16 Å². The number of fused-ring (bicyclic) bond motifs is 1. The van der Waals surface area contributed by atoms with E-state index >= 15 is 0 Å². The first kappa shape index (κ1) is 20.9. The van der Waals surface area contributed by atoms with Gasteiger partial charge in [0.25, 0.3) is 5.56 Å². The number of methoxy groups -OCH3 is 1. The SMILES string of the molecule is COc1ccc(Cl)cc1NC(=O)CSc1nc2ccccc2c(=O)n1-c1cccnc1. The van der Waals surface area contributed by atoms with Crippen LogP contribution in [0.4, 0.5) is 5.69 Å². The normalized spacial score (nSPS) is 10.8. The number of benzene rings is 2. The highest BCUT2D eigenvalue weighted by Crippen LogP contribution is 2.28. The Morgan fingerprint density at radius 2 is 2.03 bits per heavy atom. The van der Waals surface area contributed by atoms with Crippen LogP contribution in [0, 0.1) is 0 Å². The number of pyridine rings is 1. The smallest absolute Gasteiger partial charge is 0.266 e. The van der Waals surface area contributed by atoms with E-state index in [4.69, 9.17) is 16.3 Å². The van der Waals surface area contributed by atoms with E-state index in [1.54, 1.807) is 60.9 Å². The maximum atomic E-state index is 13.2. The summed E-state index contributed by atoms with van der Waals surface area (Å²) in [6, 6.07) is 15.6.